The molecule has 3 aromatic rings. The molecule has 0 radical (unpaired) electrons. The molecule has 3 aromatic heterocycles. The fourth-order valence-corrected chi connectivity index (χ4v) is 16.0. The summed E-state index contributed by atoms with van der Waals surface area (Å²) in [6.07, 6.45) is 2.73. The van der Waals surface area contributed by atoms with Crippen LogP contribution in [0.4, 0.5) is 0 Å². The van der Waals surface area contributed by atoms with Gasteiger partial charge in [-0.2, -0.15) is 0 Å². The Balaban J connectivity index is 0.540. The van der Waals surface area contributed by atoms with Crippen molar-refractivity contribution in [2.75, 3.05) is 205 Å². The minimum absolute atomic E-state index is 0.0367. The average molecular weight is 1770 g/mol. The minimum Gasteiger partial charge on any atom is -0.377 e. The number of fused-ring (bicyclic) bond motifs is 12. The number of rotatable bonds is 63. The Kier molecular flexibility index (Phi) is 37.0. The van der Waals surface area contributed by atoms with Crippen LogP contribution in [0.1, 0.15) is 105 Å². The zero-order valence-electron chi connectivity index (χ0n) is 72.9. The summed E-state index contributed by atoms with van der Waals surface area (Å²) in [6.45, 7) is 25.4. The summed E-state index contributed by atoms with van der Waals surface area (Å²) in [4.78, 5) is 49.9. The second-order valence-electron chi connectivity index (χ2n) is 33.3. The predicted molar refractivity (Wildman–Crippen MR) is 422 cm³/mol. The molecule has 45 nitrogen and oxygen atoms in total. The van der Waals surface area contributed by atoms with E-state index < -0.39 is 113 Å². The fourth-order valence-electron chi connectivity index (χ4n) is 16.0. The number of hydrogen-bond acceptors (Lipinski definition) is 38. The number of nitrogens with two attached hydrogens (primary N) is 1. The molecule has 0 aromatic carbocycles. The van der Waals surface area contributed by atoms with Gasteiger partial charge in [-0.25, -0.2) is 14.0 Å². The monoisotopic (exact) mass is 1770 g/mol. The first kappa shape index (κ1) is 97.2. The maximum Gasteiger partial charge on any atom is 0.220 e. The predicted octanol–water partition coefficient (Wildman–Crippen LogP) is -1.57. The lowest BCUT2D eigenvalue weighted by atomic mass is 9.88. The summed E-state index contributed by atoms with van der Waals surface area (Å²) in [7, 11) is 0. The molecule has 6 N–H and O–H groups in total. The van der Waals surface area contributed by atoms with Gasteiger partial charge in [0.05, 0.1) is 256 Å². The van der Waals surface area contributed by atoms with Crippen LogP contribution >= 0.6 is 0 Å². The fraction of sp³-hybridized carbons (Fsp3) is 0.873. The van der Waals surface area contributed by atoms with Gasteiger partial charge >= 0.3 is 0 Å². The summed E-state index contributed by atoms with van der Waals surface area (Å²) in [5, 5.41) is 37.8. The molecule has 6 bridgehead atoms. The van der Waals surface area contributed by atoms with Gasteiger partial charge in [0.25, 0.3) is 0 Å². The Hall–Kier alpha value is -5.82. The number of hydrogen-bond donors (Lipinski definition) is 5. The Morgan fingerprint density at radius 2 is 0.669 bits per heavy atom. The molecule has 0 aliphatic carbocycles. The molecule has 124 heavy (non-hydrogen) atoms. The standard InChI is InChI=1S/C79H130N14O31/c1-54(94)81-61-64-67(119-73(4,5)116-64)77(51-113-70(61)122-77)48-107-36-33-104-30-27-101-24-21-98-18-15-91-39-57(85-88-91)42-110-45-76(84-60(97)13-11-10-12-14-80,46-111-43-58-40-92(89-86-58)16-19-99-22-25-102-28-31-105-34-37-108-49-78-52-114-71(123-78)62(82-55(2)95)65-68(78)120-74(6,7)117-65)47-112-44-59-41-93(90-87-59)17-20-100-23-26-103-29-32-106-35-38-109-50-79-53-115-72(124-79)63(83-56(3)96)66-69(79)121-75(8,9)118-66/h39-41,61-72H,10-38,42-53,80H2,1-9H3,(H,81,94)(H,82,95)(H,83,96)(H,84,97)/t61-,62-,63-,64-,65-,66-,67-,68-,69-,70+,71+,72+,77+,78+,79+/m1/s1. The van der Waals surface area contributed by atoms with Crippen molar-refractivity contribution in [1.82, 2.24) is 66.2 Å². The minimum atomic E-state index is -1.23. The number of ether oxygens (including phenoxy) is 27. The Morgan fingerprint density at radius 1 is 0.387 bits per heavy atom. The second-order valence-corrected chi connectivity index (χ2v) is 33.3. The molecule has 9 fully saturated rings. The highest BCUT2D eigenvalue weighted by Crippen LogP contribution is 2.50. The van der Waals surface area contributed by atoms with Crippen LogP contribution < -0.4 is 27.0 Å². The van der Waals surface area contributed by atoms with E-state index in [1.165, 1.54) is 20.8 Å². The van der Waals surface area contributed by atoms with Crippen molar-refractivity contribution in [3.63, 3.8) is 0 Å². The molecular weight excluding hydrogens is 1640 g/mol. The first-order chi connectivity index (χ1) is 59.8. The zero-order valence-corrected chi connectivity index (χ0v) is 72.9. The van der Waals surface area contributed by atoms with Crippen molar-refractivity contribution in [2.45, 2.75) is 241 Å². The summed E-state index contributed by atoms with van der Waals surface area (Å²) < 4.78 is 168. The summed E-state index contributed by atoms with van der Waals surface area (Å²) in [5.41, 5.74) is 3.53. The van der Waals surface area contributed by atoms with Crippen LogP contribution in [0.3, 0.4) is 0 Å². The van der Waals surface area contributed by atoms with Crippen molar-refractivity contribution in [2.24, 2.45) is 5.73 Å². The largest absolute Gasteiger partial charge is 0.377 e. The summed E-state index contributed by atoms with van der Waals surface area (Å²) in [6, 6.07) is -1.54. The molecule has 12 heterocycles. The first-order valence-electron chi connectivity index (χ1n) is 43.0. The third-order valence-electron chi connectivity index (χ3n) is 21.5. The van der Waals surface area contributed by atoms with Gasteiger partial charge in [-0.15, -0.1) is 15.3 Å². The number of nitrogens with zero attached hydrogens (tertiary/aromatic N) is 9. The smallest absolute Gasteiger partial charge is 0.220 e. The van der Waals surface area contributed by atoms with E-state index in [4.69, 9.17) is 134 Å². The van der Waals surface area contributed by atoms with Gasteiger partial charge in [0.2, 0.25) is 23.6 Å². The SMILES string of the molecule is CC(=O)N[C@H]1[C@H]2OC[C@](COCCOCCOCCOCCn3cc(COCC(COCc4cn(CCOCCOCCOCCOC[C@@]56CO[C@@H](O5)[C@H](NC(C)=O)[C@H]5OC(C)(C)O[C@H]56)nn4)(COCc4cn(CCOCCOCCOCCOC[C@@]56CO[C@@H](O5)[C@H](NC(C)=O)[C@H]5OC(C)(C)O[C@H]56)nn4)NC(=O)CCCCCN)nn3)(O2)[C@@H]2OC(C)(C)O[C@H]12. The Labute approximate surface area is 721 Å². The molecule has 9 aliphatic rings. The molecule has 4 amide bonds. The lowest BCUT2D eigenvalue weighted by Gasteiger charge is -2.42. The van der Waals surface area contributed by atoms with Crippen LogP contribution in [0, 0.1) is 0 Å². The van der Waals surface area contributed by atoms with Gasteiger partial charge in [0, 0.05) is 27.2 Å². The summed E-state index contributed by atoms with van der Waals surface area (Å²) in [5.74, 6) is -3.48. The van der Waals surface area contributed by atoms with Crippen molar-refractivity contribution in [3.8, 4) is 0 Å². The maximum atomic E-state index is 13.9. The molecule has 45 heteroatoms. The molecule has 702 valence electrons. The number of carbonyl (C=O) groups is 4. The lowest BCUT2D eigenvalue weighted by molar-refractivity contribution is -0.214. The Bertz CT molecular complexity index is 3370. The molecule has 0 saturated carbocycles. The normalized spacial score (nSPS) is 28.4. The molecule has 9 saturated heterocycles. The highest BCUT2D eigenvalue weighted by atomic mass is 16.8. The number of carbonyl (C=O) groups excluding carboxylic acids is 4. The molecular formula is C79H130N14O31. The third-order valence-corrected chi connectivity index (χ3v) is 21.5. The van der Waals surface area contributed by atoms with E-state index in [-0.39, 0.29) is 109 Å². The van der Waals surface area contributed by atoms with Gasteiger partial charge in [-0.05, 0) is 60.9 Å². The molecule has 0 spiro atoms. The molecule has 12 rings (SSSR count). The van der Waals surface area contributed by atoms with E-state index in [1.54, 1.807) is 32.6 Å². The van der Waals surface area contributed by atoms with Gasteiger partial charge < -0.3 is 155 Å². The van der Waals surface area contributed by atoms with Crippen LogP contribution in [-0.2, 0) is 187 Å². The Morgan fingerprint density at radius 3 is 0.952 bits per heavy atom. The third kappa shape index (κ3) is 28.3. The highest BCUT2D eigenvalue weighted by Gasteiger charge is 2.69. The van der Waals surface area contributed by atoms with E-state index in [9.17, 15) is 19.2 Å². The molecule has 15 atom stereocenters. The first-order valence-corrected chi connectivity index (χ1v) is 43.0. The number of aromatic nitrogens is 9. The second kappa shape index (κ2) is 47.1. The number of unbranched alkanes of at least 4 members (excludes halogenated alkanes) is 2. The van der Waals surface area contributed by atoms with Crippen molar-refractivity contribution in [3.05, 3.63) is 35.7 Å². The number of amides is 4. The van der Waals surface area contributed by atoms with Crippen LogP contribution in [0.5, 0.6) is 0 Å². The maximum absolute atomic E-state index is 13.9. The van der Waals surface area contributed by atoms with Crippen molar-refractivity contribution < 1.29 is 147 Å². The van der Waals surface area contributed by atoms with E-state index in [2.05, 4.69) is 52.2 Å². The topological polar surface area (TPSA) is 484 Å². The van der Waals surface area contributed by atoms with Crippen molar-refractivity contribution >= 4 is 23.6 Å². The average Bonchev–Trinajstić information content (AvgIpc) is 1.58. The van der Waals surface area contributed by atoms with E-state index in [0.29, 0.717) is 188 Å². The van der Waals surface area contributed by atoms with E-state index >= 15 is 0 Å². The van der Waals surface area contributed by atoms with Crippen LogP contribution in [0.15, 0.2) is 18.6 Å². The van der Waals surface area contributed by atoms with Gasteiger partial charge in [0.1, 0.15) is 94.2 Å². The van der Waals surface area contributed by atoms with Crippen LogP contribution in [0.2, 0.25) is 0 Å². The van der Waals surface area contributed by atoms with E-state index in [1.807, 2.05) is 41.5 Å². The zero-order chi connectivity index (χ0) is 87.5. The quantitative estimate of drug-likeness (QED) is 0.0399. The van der Waals surface area contributed by atoms with E-state index in [0.717, 1.165) is 12.8 Å². The summed E-state index contributed by atoms with van der Waals surface area (Å²) >= 11 is 0. The highest BCUT2D eigenvalue weighted by molar-refractivity contribution is 5.77. The molecule has 0 unspecified atom stereocenters. The molecule has 9 aliphatic heterocycles. The number of nitrogens with one attached hydrogen (secondary N) is 4. The van der Waals surface area contributed by atoms with Gasteiger partial charge in [-0.3, -0.25) is 19.2 Å². The lowest BCUT2D eigenvalue weighted by Crippen LogP contribution is -2.65. The van der Waals surface area contributed by atoms with Crippen LogP contribution in [-0.4, -0.2) is 387 Å². The van der Waals surface area contributed by atoms with Crippen molar-refractivity contribution in [1.29, 1.82) is 0 Å². The van der Waals surface area contributed by atoms with Crippen LogP contribution in [0.25, 0.3) is 0 Å². The van der Waals surface area contributed by atoms with Gasteiger partial charge in [-0.1, -0.05) is 22.1 Å². The van der Waals surface area contributed by atoms with Gasteiger partial charge in [0.15, 0.2) is 36.2 Å².